The molecule has 7 nitrogen and oxygen atoms in total. The second-order valence-corrected chi connectivity index (χ2v) is 6.38. The Morgan fingerprint density at radius 3 is 2.77 bits per heavy atom. The van der Waals surface area contributed by atoms with E-state index in [1.807, 2.05) is 0 Å². The van der Waals surface area contributed by atoms with E-state index < -0.39 is 5.41 Å². The molecule has 120 valence electrons. The summed E-state index contributed by atoms with van der Waals surface area (Å²) in [5.41, 5.74) is -0.122. The lowest BCUT2D eigenvalue weighted by molar-refractivity contribution is -0.128. The molecule has 3 rings (SSSR count). The van der Waals surface area contributed by atoms with Gasteiger partial charge >= 0.3 is 0 Å². The number of fused-ring (bicyclic) bond motifs is 1. The number of nitrogens with zero attached hydrogens (tertiary/aromatic N) is 3. The maximum Gasteiger partial charge on any atom is 0.275 e. The molecule has 0 unspecified atom stereocenters. The number of aliphatic hydroxyl groups is 1. The highest BCUT2D eigenvalue weighted by Gasteiger charge is 2.51. The van der Waals surface area contributed by atoms with E-state index in [0.29, 0.717) is 37.8 Å². The zero-order valence-electron chi connectivity index (χ0n) is 12.9. The number of carbonyl (C=O) groups excluding carboxylic acids is 2. The van der Waals surface area contributed by atoms with E-state index in [1.54, 1.807) is 23.6 Å². The van der Waals surface area contributed by atoms with E-state index in [2.05, 4.69) is 4.98 Å². The number of amides is 2. The maximum atomic E-state index is 12.5. The van der Waals surface area contributed by atoms with E-state index in [-0.39, 0.29) is 24.3 Å². The number of piperidine rings is 1. The number of hydrogen-bond acceptors (Lipinski definition) is 5. The first kappa shape index (κ1) is 15.0. The van der Waals surface area contributed by atoms with Crippen LogP contribution >= 0.6 is 0 Å². The van der Waals surface area contributed by atoms with Crippen LogP contribution in [0.4, 0.5) is 0 Å². The highest BCUT2D eigenvalue weighted by atomic mass is 16.3. The number of aryl methyl sites for hydroxylation is 1. The summed E-state index contributed by atoms with van der Waals surface area (Å²) in [7, 11) is 0. The number of carbonyl (C=O) groups is 2. The standard InChI is InChI=1S/C15H21N3O4/c1-10-16-13(6-22-10)14(21)17-4-3-12-5-18(11(2)20)8-15(12,7-17)9-19/h6,12,19H,3-5,7-9H2,1-2H3/t12-,15+/m0/s1. The largest absolute Gasteiger partial charge is 0.448 e. The summed E-state index contributed by atoms with van der Waals surface area (Å²) >= 11 is 0. The van der Waals surface area contributed by atoms with E-state index >= 15 is 0 Å². The van der Waals surface area contributed by atoms with Gasteiger partial charge in [0.25, 0.3) is 5.91 Å². The van der Waals surface area contributed by atoms with Crippen LogP contribution in [0.15, 0.2) is 10.7 Å². The molecule has 0 aromatic carbocycles. The zero-order chi connectivity index (χ0) is 15.9. The summed E-state index contributed by atoms with van der Waals surface area (Å²) < 4.78 is 5.10. The summed E-state index contributed by atoms with van der Waals surface area (Å²) in [5, 5.41) is 9.92. The molecular weight excluding hydrogens is 286 g/mol. The number of aromatic nitrogens is 1. The molecule has 22 heavy (non-hydrogen) atoms. The molecule has 0 saturated carbocycles. The summed E-state index contributed by atoms with van der Waals surface area (Å²) in [6, 6.07) is 0. The molecule has 0 spiro atoms. The van der Waals surface area contributed by atoms with Gasteiger partial charge in [0.05, 0.1) is 6.61 Å². The molecule has 0 bridgehead atoms. The van der Waals surface area contributed by atoms with Crippen LogP contribution in [0, 0.1) is 18.3 Å². The minimum atomic E-state index is -0.418. The number of likely N-dealkylation sites (tertiary alicyclic amines) is 2. The molecule has 2 aliphatic heterocycles. The Hall–Kier alpha value is -1.89. The average Bonchev–Trinajstić information content (AvgIpc) is 3.09. The van der Waals surface area contributed by atoms with Crippen LogP contribution in [0.1, 0.15) is 29.7 Å². The highest BCUT2D eigenvalue weighted by Crippen LogP contribution is 2.42. The molecule has 2 amide bonds. The van der Waals surface area contributed by atoms with Gasteiger partial charge in [-0.3, -0.25) is 9.59 Å². The van der Waals surface area contributed by atoms with E-state index in [4.69, 9.17) is 4.42 Å². The Bertz CT molecular complexity index is 599. The fourth-order valence-corrected chi connectivity index (χ4v) is 3.65. The fraction of sp³-hybridized carbons (Fsp3) is 0.667. The van der Waals surface area contributed by atoms with Gasteiger partial charge in [-0.15, -0.1) is 0 Å². The van der Waals surface area contributed by atoms with Crippen LogP contribution < -0.4 is 0 Å². The lowest BCUT2D eigenvalue weighted by Gasteiger charge is -2.42. The van der Waals surface area contributed by atoms with E-state index in [1.165, 1.54) is 6.26 Å². The van der Waals surface area contributed by atoms with Crippen LogP contribution in [0.25, 0.3) is 0 Å². The molecule has 1 aromatic heterocycles. The second kappa shape index (κ2) is 5.39. The summed E-state index contributed by atoms with van der Waals surface area (Å²) in [4.78, 5) is 31.7. The van der Waals surface area contributed by atoms with Crippen molar-refractivity contribution >= 4 is 11.8 Å². The minimum absolute atomic E-state index is 0.0206. The topological polar surface area (TPSA) is 86.9 Å². The maximum absolute atomic E-state index is 12.5. The fourth-order valence-electron chi connectivity index (χ4n) is 3.65. The normalized spacial score (nSPS) is 27.9. The number of oxazole rings is 1. The van der Waals surface area contributed by atoms with Crippen LogP contribution in [0.5, 0.6) is 0 Å². The van der Waals surface area contributed by atoms with Crippen molar-refractivity contribution in [3.05, 3.63) is 17.8 Å². The third-order valence-electron chi connectivity index (χ3n) is 4.95. The van der Waals surface area contributed by atoms with Gasteiger partial charge in [0.15, 0.2) is 11.6 Å². The van der Waals surface area contributed by atoms with Gasteiger partial charge in [0.2, 0.25) is 5.91 Å². The minimum Gasteiger partial charge on any atom is -0.448 e. The first-order valence-electron chi connectivity index (χ1n) is 7.53. The molecule has 7 heteroatoms. The van der Waals surface area contributed by atoms with Crippen molar-refractivity contribution in [3.8, 4) is 0 Å². The molecule has 2 aliphatic rings. The lowest BCUT2D eigenvalue weighted by atomic mass is 9.74. The van der Waals surface area contributed by atoms with Gasteiger partial charge in [-0.1, -0.05) is 0 Å². The molecule has 2 fully saturated rings. The van der Waals surface area contributed by atoms with Crippen molar-refractivity contribution in [2.45, 2.75) is 20.3 Å². The Balaban J connectivity index is 1.78. The predicted octanol–water partition coefficient (Wildman–Crippen LogP) is 0.286. The van der Waals surface area contributed by atoms with Crippen LogP contribution in [0.2, 0.25) is 0 Å². The van der Waals surface area contributed by atoms with Gasteiger partial charge in [-0.05, 0) is 12.3 Å². The SMILES string of the molecule is CC(=O)N1C[C@@H]2CCN(C(=O)c3coc(C)n3)C[C@]2(CO)C1. The molecule has 0 radical (unpaired) electrons. The number of aliphatic hydroxyl groups excluding tert-OH is 1. The number of rotatable bonds is 2. The van der Waals surface area contributed by atoms with Crippen molar-refractivity contribution in [1.82, 2.24) is 14.8 Å². The average molecular weight is 307 g/mol. The summed E-state index contributed by atoms with van der Waals surface area (Å²) in [5.74, 6) is 0.542. The van der Waals surface area contributed by atoms with Gasteiger partial charge in [-0.2, -0.15) is 0 Å². The molecular formula is C15H21N3O4. The quantitative estimate of drug-likeness (QED) is 0.848. The molecule has 1 N–H and O–H groups in total. The Morgan fingerprint density at radius 2 is 2.18 bits per heavy atom. The van der Waals surface area contributed by atoms with Gasteiger partial charge in [-0.25, -0.2) is 4.98 Å². The molecule has 0 aliphatic carbocycles. The third kappa shape index (κ3) is 2.39. The smallest absolute Gasteiger partial charge is 0.275 e. The van der Waals surface area contributed by atoms with Crippen LogP contribution in [-0.4, -0.2) is 64.5 Å². The zero-order valence-corrected chi connectivity index (χ0v) is 12.9. The molecule has 2 saturated heterocycles. The van der Waals surface area contributed by atoms with Gasteiger partial charge < -0.3 is 19.3 Å². The van der Waals surface area contributed by atoms with Crippen molar-refractivity contribution in [2.24, 2.45) is 11.3 Å². The van der Waals surface area contributed by atoms with Crippen LogP contribution in [0.3, 0.4) is 0 Å². The predicted molar refractivity (Wildman–Crippen MR) is 77.0 cm³/mol. The first-order chi connectivity index (χ1) is 10.4. The second-order valence-electron chi connectivity index (χ2n) is 6.38. The van der Waals surface area contributed by atoms with Crippen LogP contribution in [-0.2, 0) is 4.79 Å². The van der Waals surface area contributed by atoms with Gasteiger partial charge in [0, 0.05) is 45.4 Å². The highest BCUT2D eigenvalue weighted by molar-refractivity contribution is 5.92. The van der Waals surface area contributed by atoms with E-state index in [9.17, 15) is 14.7 Å². The Labute approximate surface area is 128 Å². The monoisotopic (exact) mass is 307 g/mol. The van der Waals surface area contributed by atoms with Crippen molar-refractivity contribution in [2.75, 3.05) is 32.8 Å². The third-order valence-corrected chi connectivity index (χ3v) is 4.95. The van der Waals surface area contributed by atoms with Crippen molar-refractivity contribution in [1.29, 1.82) is 0 Å². The summed E-state index contributed by atoms with van der Waals surface area (Å²) in [6.07, 6.45) is 2.15. The van der Waals surface area contributed by atoms with Gasteiger partial charge in [0.1, 0.15) is 6.26 Å². The van der Waals surface area contributed by atoms with Crippen molar-refractivity contribution in [3.63, 3.8) is 0 Å². The van der Waals surface area contributed by atoms with Crippen molar-refractivity contribution < 1.29 is 19.1 Å². The Kier molecular flexibility index (Phi) is 3.68. The first-order valence-corrected chi connectivity index (χ1v) is 7.53. The van der Waals surface area contributed by atoms with E-state index in [0.717, 1.165) is 6.42 Å². The molecule has 3 heterocycles. The summed E-state index contributed by atoms with van der Waals surface area (Å²) in [6.45, 7) is 5.45. The lowest BCUT2D eigenvalue weighted by Crippen LogP contribution is -2.52. The molecule has 2 atom stereocenters. The molecule has 1 aromatic rings. The Morgan fingerprint density at radius 1 is 1.45 bits per heavy atom. The number of hydrogen-bond donors (Lipinski definition) is 1.